The van der Waals surface area contributed by atoms with Gasteiger partial charge in [0, 0.05) is 36.3 Å². The molecule has 7 heteroatoms. The lowest BCUT2D eigenvalue weighted by atomic mass is 10.1. The molecule has 1 atom stereocenters. The summed E-state index contributed by atoms with van der Waals surface area (Å²) in [4.78, 5) is 30.6. The summed E-state index contributed by atoms with van der Waals surface area (Å²) in [6.07, 6.45) is 0.255. The Kier molecular flexibility index (Phi) is 5.30. The van der Waals surface area contributed by atoms with Crippen LogP contribution >= 0.6 is 22.6 Å². The summed E-state index contributed by atoms with van der Waals surface area (Å²) in [6, 6.07) is 7.09. The lowest BCUT2D eigenvalue weighted by molar-refractivity contribution is -0.123. The van der Waals surface area contributed by atoms with Crippen LogP contribution in [0.25, 0.3) is 0 Å². The minimum absolute atomic E-state index is 0.119. The van der Waals surface area contributed by atoms with Gasteiger partial charge in [0.2, 0.25) is 5.91 Å². The van der Waals surface area contributed by atoms with Crippen LogP contribution < -0.4 is 4.90 Å². The van der Waals surface area contributed by atoms with Gasteiger partial charge in [-0.25, -0.2) is 4.90 Å². The molecule has 1 N–H and O–H groups in total. The Labute approximate surface area is 149 Å². The highest BCUT2D eigenvalue weighted by atomic mass is 127. The molecule has 0 saturated carbocycles. The summed E-state index contributed by atoms with van der Waals surface area (Å²) in [5.41, 5.74) is 0.654. The molecule has 6 nitrogen and oxygen atoms in total. The Bertz CT molecular complexity index is 585. The summed E-state index contributed by atoms with van der Waals surface area (Å²) in [7, 11) is 0. The predicted molar refractivity (Wildman–Crippen MR) is 95.2 cm³/mol. The zero-order valence-corrected chi connectivity index (χ0v) is 15.0. The van der Waals surface area contributed by atoms with E-state index in [1.54, 1.807) is 0 Å². The molecule has 0 aliphatic carbocycles. The summed E-state index contributed by atoms with van der Waals surface area (Å²) in [5.74, 6) is -0.245. The van der Waals surface area contributed by atoms with Crippen LogP contribution in [0, 0.1) is 3.57 Å². The molecule has 23 heavy (non-hydrogen) atoms. The lowest BCUT2D eigenvalue weighted by Crippen LogP contribution is -2.52. The van der Waals surface area contributed by atoms with Crippen molar-refractivity contribution in [3.05, 3.63) is 27.8 Å². The van der Waals surface area contributed by atoms with Gasteiger partial charge in [-0.1, -0.05) is 0 Å². The van der Waals surface area contributed by atoms with Crippen LogP contribution in [0.4, 0.5) is 5.69 Å². The van der Waals surface area contributed by atoms with Gasteiger partial charge >= 0.3 is 0 Å². The number of piperazine rings is 1. The number of imide groups is 1. The van der Waals surface area contributed by atoms with Crippen LogP contribution in [0.2, 0.25) is 0 Å². The molecule has 2 aliphatic rings. The Hall–Kier alpha value is -1.03. The molecule has 0 bridgehead atoms. The smallest absolute Gasteiger partial charge is 0.251 e. The molecule has 2 saturated heterocycles. The number of carbonyl (C=O) groups excluding carboxylic acids is 2. The third-order valence-corrected chi connectivity index (χ3v) is 5.19. The number of aliphatic hydroxyl groups excluding tert-OH is 1. The predicted octanol–water partition coefficient (Wildman–Crippen LogP) is 0.533. The van der Waals surface area contributed by atoms with E-state index in [9.17, 15) is 9.59 Å². The third kappa shape index (κ3) is 3.57. The van der Waals surface area contributed by atoms with E-state index in [2.05, 4.69) is 32.4 Å². The Balaban J connectivity index is 1.68. The number of nitrogens with zero attached hydrogens (tertiary/aromatic N) is 3. The van der Waals surface area contributed by atoms with Gasteiger partial charge in [-0.05, 0) is 46.9 Å². The second-order valence-electron chi connectivity index (χ2n) is 5.86. The summed E-state index contributed by atoms with van der Waals surface area (Å²) < 4.78 is 1.07. The number of hydrogen-bond acceptors (Lipinski definition) is 5. The second-order valence-corrected chi connectivity index (χ2v) is 7.11. The van der Waals surface area contributed by atoms with E-state index in [4.69, 9.17) is 5.11 Å². The summed E-state index contributed by atoms with van der Waals surface area (Å²) in [6.45, 7) is 3.97. The van der Waals surface area contributed by atoms with Crippen molar-refractivity contribution in [3.8, 4) is 0 Å². The third-order valence-electron chi connectivity index (χ3n) is 4.47. The fraction of sp³-hybridized carbons (Fsp3) is 0.500. The number of rotatable bonds is 4. The first kappa shape index (κ1) is 16.8. The highest BCUT2D eigenvalue weighted by Gasteiger charge is 2.43. The van der Waals surface area contributed by atoms with Gasteiger partial charge in [-0.15, -0.1) is 0 Å². The van der Waals surface area contributed by atoms with Crippen molar-refractivity contribution in [2.24, 2.45) is 0 Å². The first-order valence-corrected chi connectivity index (χ1v) is 8.87. The van der Waals surface area contributed by atoms with Crippen LogP contribution in [0.1, 0.15) is 6.42 Å². The average molecular weight is 429 g/mol. The van der Waals surface area contributed by atoms with Crippen molar-refractivity contribution >= 4 is 40.1 Å². The molecule has 0 aromatic heterocycles. The fourth-order valence-electron chi connectivity index (χ4n) is 3.20. The molecular weight excluding hydrogens is 409 g/mol. The number of benzene rings is 1. The van der Waals surface area contributed by atoms with E-state index in [0.29, 0.717) is 12.2 Å². The van der Waals surface area contributed by atoms with Crippen LogP contribution in [-0.2, 0) is 9.59 Å². The molecule has 124 valence electrons. The molecule has 2 fully saturated rings. The number of β-amino-alcohol motifs (C(OH)–C–C–N with tert-alkyl or cyclic N) is 1. The number of anilines is 1. The highest BCUT2D eigenvalue weighted by Crippen LogP contribution is 2.26. The second kappa shape index (κ2) is 7.25. The number of hydrogen-bond donors (Lipinski definition) is 1. The Morgan fingerprint density at radius 1 is 1.09 bits per heavy atom. The fourth-order valence-corrected chi connectivity index (χ4v) is 3.56. The molecule has 0 radical (unpaired) electrons. The van der Waals surface area contributed by atoms with Crippen molar-refractivity contribution in [1.29, 1.82) is 0 Å². The normalized spacial score (nSPS) is 23.7. The van der Waals surface area contributed by atoms with Gasteiger partial charge in [0.1, 0.15) is 0 Å². The van der Waals surface area contributed by atoms with Gasteiger partial charge < -0.3 is 5.11 Å². The minimum atomic E-state index is -0.349. The molecule has 1 unspecified atom stereocenters. The average Bonchev–Trinajstić information content (AvgIpc) is 2.84. The van der Waals surface area contributed by atoms with E-state index in [-0.39, 0.29) is 30.9 Å². The highest BCUT2D eigenvalue weighted by molar-refractivity contribution is 14.1. The zero-order valence-electron chi connectivity index (χ0n) is 12.8. The van der Waals surface area contributed by atoms with Crippen molar-refractivity contribution < 1.29 is 14.7 Å². The van der Waals surface area contributed by atoms with Crippen LogP contribution in [0.15, 0.2) is 24.3 Å². The maximum atomic E-state index is 12.7. The largest absolute Gasteiger partial charge is 0.395 e. The van der Waals surface area contributed by atoms with Gasteiger partial charge in [0.15, 0.2) is 0 Å². The van der Waals surface area contributed by atoms with Crippen molar-refractivity contribution in [3.63, 3.8) is 0 Å². The van der Waals surface area contributed by atoms with Crippen molar-refractivity contribution in [2.75, 3.05) is 44.2 Å². The monoisotopic (exact) mass is 429 g/mol. The molecule has 3 rings (SSSR count). The van der Waals surface area contributed by atoms with Crippen molar-refractivity contribution in [1.82, 2.24) is 9.80 Å². The number of carbonyl (C=O) groups is 2. The lowest BCUT2D eigenvalue weighted by Gasteiger charge is -2.36. The van der Waals surface area contributed by atoms with E-state index in [1.165, 1.54) is 4.90 Å². The number of aliphatic hydroxyl groups is 1. The van der Waals surface area contributed by atoms with E-state index >= 15 is 0 Å². The standard InChI is InChI=1S/C16H20IN3O3/c17-12-1-3-13(4-2-12)20-15(22)11-14(16(20)23)19-7-5-18(6-8-19)9-10-21/h1-4,14,21H,5-11H2. The zero-order chi connectivity index (χ0) is 16.4. The van der Waals surface area contributed by atoms with Gasteiger partial charge in [0.25, 0.3) is 5.91 Å². The topological polar surface area (TPSA) is 64.1 Å². The first-order chi connectivity index (χ1) is 11.1. The molecule has 2 aliphatic heterocycles. The molecule has 0 spiro atoms. The van der Waals surface area contributed by atoms with Gasteiger partial charge in [-0.3, -0.25) is 19.4 Å². The van der Waals surface area contributed by atoms with Gasteiger partial charge in [0.05, 0.1) is 24.8 Å². The quantitative estimate of drug-likeness (QED) is 0.559. The van der Waals surface area contributed by atoms with E-state index < -0.39 is 0 Å². The van der Waals surface area contributed by atoms with Gasteiger partial charge in [-0.2, -0.15) is 0 Å². The maximum Gasteiger partial charge on any atom is 0.251 e. The molecule has 2 amide bonds. The Morgan fingerprint density at radius 3 is 2.35 bits per heavy atom. The number of amides is 2. The maximum absolute atomic E-state index is 12.7. The van der Waals surface area contributed by atoms with E-state index in [0.717, 1.165) is 29.7 Å². The first-order valence-electron chi connectivity index (χ1n) is 7.80. The van der Waals surface area contributed by atoms with Crippen molar-refractivity contribution in [2.45, 2.75) is 12.5 Å². The summed E-state index contributed by atoms with van der Waals surface area (Å²) >= 11 is 2.20. The van der Waals surface area contributed by atoms with E-state index in [1.807, 2.05) is 24.3 Å². The molecular formula is C16H20IN3O3. The minimum Gasteiger partial charge on any atom is -0.395 e. The van der Waals surface area contributed by atoms with Crippen LogP contribution in [0.3, 0.4) is 0 Å². The van der Waals surface area contributed by atoms with Crippen LogP contribution in [-0.4, -0.2) is 72.1 Å². The molecule has 2 heterocycles. The summed E-state index contributed by atoms with van der Waals surface area (Å²) in [5, 5.41) is 8.99. The molecule has 1 aromatic carbocycles. The molecule has 1 aromatic rings. The van der Waals surface area contributed by atoms with Crippen LogP contribution in [0.5, 0.6) is 0 Å². The Morgan fingerprint density at radius 2 is 1.74 bits per heavy atom. The SMILES string of the molecule is O=C1CC(N2CCN(CCO)CC2)C(=O)N1c1ccc(I)cc1. The number of halogens is 1.